The van der Waals surface area contributed by atoms with Crippen molar-refractivity contribution >= 4 is 23.7 Å². The van der Waals surface area contributed by atoms with Crippen LogP contribution in [0.4, 0.5) is 0 Å². The molecule has 2 unspecified atom stereocenters. The Kier molecular flexibility index (Phi) is 5.86. The van der Waals surface area contributed by atoms with Gasteiger partial charge in [0.15, 0.2) is 0 Å². The van der Waals surface area contributed by atoms with Crippen LogP contribution in [0, 0.1) is 5.92 Å². The second-order valence-electron chi connectivity index (χ2n) is 4.82. The molecule has 1 fully saturated rings. The van der Waals surface area contributed by atoms with Gasteiger partial charge in [0.2, 0.25) is 0 Å². The lowest BCUT2D eigenvalue weighted by molar-refractivity contribution is 0.318. The molecule has 2 atom stereocenters. The zero-order valence-corrected chi connectivity index (χ0v) is 12.2. The molecule has 1 aromatic heterocycles. The summed E-state index contributed by atoms with van der Waals surface area (Å²) in [6.07, 6.45) is 2.28. The van der Waals surface area contributed by atoms with E-state index in [0.717, 1.165) is 26.1 Å². The molecule has 17 heavy (non-hydrogen) atoms. The van der Waals surface area contributed by atoms with Gasteiger partial charge in [-0.3, -0.25) is 4.90 Å². The SMILES string of the molecule is CCCc1csc(CN2CC(C)C(N)C2)n1.Cl. The van der Waals surface area contributed by atoms with Crippen LogP contribution in [0.1, 0.15) is 31.0 Å². The molecule has 5 heteroatoms. The zero-order valence-electron chi connectivity index (χ0n) is 10.6. The van der Waals surface area contributed by atoms with Gasteiger partial charge in [0, 0.05) is 24.5 Å². The molecule has 0 saturated carbocycles. The first-order valence-corrected chi connectivity index (χ1v) is 6.98. The molecule has 1 saturated heterocycles. The maximum Gasteiger partial charge on any atom is 0.107 e. The highest BCUT2D eigenvalue weighted by Crippen LogP contribution is 2.19. The summed E-state index contributed by atoms with van der Waals surface area (Å²) in [5.41, 5.74) is 7.27. The number of likely N-dealkylation sites (tertiary alicyclic amines) is 1. The molecule has 0 spiro atoms. The molecule has 0 aliphatic carbocycles. The molecule has 98 valence electrons. The summed E-state index contributed by atoms with van der Waals surface area (Å²) in [5, 5.41) is 3.43. The molecule has 1 aromatic rings. The molecule has 2 heterocycles. The maximum atomic E-state index is 6.02. The molecule has 0 bridgehead atoms. The zero-order chi connectivity index (χ0) is 11.5. The molecular formula is C12H22ClN3S. The van der Waals surface area contributed by atoms with Crippen LogP contribution in [0.25, 0.3) is 0 Å². The van der Waals surface area contributed by atoms with Gasteiger partial charge < -0.3 is 5.73 Å². The van der Waals surface area contributed by atoms with Crippen LogP contribution in [0.3, 0.4) is 0 Å². The summed E-state index contributed by atoms with van der Waals surface area (Å²) >= 11 is 1.79. The fraction of sp³-hybridized carbons (Fsp3) is 0.750. The summed E-state index contributed by atoms with van der Waals surface area (Å²) in [7, 11) is 0. The minimum absolute atomic E-state index is 0. The van der Waals surface area contributed by atoms with Crippen LogP contribution in [0.2, 0.25) is 0 Å². The van der Waals surface area contributed by atoms with Gasteiger partial charge in [0.25, 0.3) is 0 Å². The summed E-state index contributed by atoms with van der Waals surface area (Å²) in [5.74, 6) is 0.620. The number of thiazole rings is 1. The highest BCUT2D eigenvalue weighted by atomic mass is 35.5. The number of aryl methyl sites for hydroxylation is 1. The molecule has 0 amide bonds. The molecule has 0 aromatic carbocycles. The normalized spacial score (nSPS) is 24.9. The van der Waals surface area contributed by atoms with Crippen molar-refractivity contribution in [3.63, 3.8) is 0 Å². The van der Waals surface area contributed by atoms with Crippen LogP contribution in [0.15, 0.2) is 5.38 Å². The van der Waals surface area contributed by atoms with E-state index in [1.165, 1.54) is 17.1 Å². The number of nitrogens with zero attached hydrogens (tertiary/aromatic N) is 2. The quantitative estimate of drug-likeness (QED) is 0.917. The van der Waals surface area contributed by atoms with Crippen molar-refractivity contribution in [2.45, 2.75) is 39.3 Å². The van der Waals surface area contributed by atoms with Gasteiger partial charge >= 0.3 is 0 Å². The maximum absolute atomic E-state index is 6.02. The van der Waals surface area contributed by atoms with Crippen molar-refractivity contribution in [3.8, 4) is 0 Å². The predicted octanol–water partition coefficient (Wildman–Crippen LogP) is 2.30. The molecule has 0 radical (unpaired) electrons. The Morgan fingerprint density at radius 3 is 2.88 bits per heavy atom. The van der Waals surface area contributed by atoms with Gasteiger partial charge in [-0.2, -0.15) is 0 Å². The van der Waals surface area contributed by atoms with E-state index in [1.54, 1.807) is 11.3 Å². The van der Waals surface area contributed by atoms with Crippen LogP contribution in [0.5, 0.6) is 0 Å². The van der Waals surface area contributed by atoms with Crippen LogP contribution in [-0.2, 0) is 13.0 Å². The lowest BCUT2D eigenvalue weighted by Crippen LogP contribution is -2.28. The van der Waals surface area contributed by atoms with Gasteiger partial charge in [0.1, 0.15) is 5.01 Å². The minimum Gasteiger partial charge on any atom is -0.326 e. The summed E-state index contributed by atoms with van der Waals surface area (Å²) in [6, 6.07) is 0.343. The van der Waals surface area contributed by atoms with Gasteiger partial charge in [-0.05, 0) is 12.3 Å². The lowest BCUT2D eigenvalue weighted by atomic mass is 10.1. The van der Waals surface area contributed by atoms with Gasteiger partial charge in [-0.1, -0.05) is 20.3 Å². The van der Waals surface area contributed by atoms with Crippen molar-refractivity contribution in [2.75, 3.05) is 13.1 Å². The second kappa shape index (κ2) is 6.69. The number of halogens is 1. The van der Waals surface area contributed by atoms with Crippen molar-refractivity contribution in [1.82, 2.24) is 9.88 Å². The lowest BCUT2D eigenvalue weighted by Gasteiger charge is -2.12. The Bertz CT molecular complexity index is 332. The van der Waals surface area contributed by atoms with Gasteiger partial charge in [-0.25, -0.2) is 4.98 Å². The minimum atomic E-state index is 0. The molecule has 1 aliphatic heterocycles. The van der Waals surface area contributed by atoms with Crippen LogP contribution >= 0.6 is 23.7 Å². The van der Waals surface area contributed by atoms with E-state index in [2.05, 4.69) is 29.1 Å². The van der Waals surface area contributed by atoms with E-state index in [4.69, 9.17) is 5.73 Å². The fourth-order valence-corrected chi connectivity index (χ4v) is 3.08. The van der Waals surface area contributed by atoms with E-state index < -0.39 is 0 Å². The third kappa shape index (κ3) is 3.91. The third-order valence-corrected chi connectivity index (χ3v) is 4.09. The summed E-state index contributed by atoms with van der Waals surface area (Å²) in [6.45, 7) is 7.54. The van der Waals surface area contributed by atoms with Crippen molar-refractivity contribution in [1.29, 1.82) is 0 Å². The summed E-state index contributed by atoms with van der Waals surface area (Å²) < 4.78 is 0. The summed E-state index contributed by atoms with van der Waals surface area (Å²) in [4.78, 5) is 7.07. The Labute approximate surface area is 114 Å². The average Bonchev–Trinajstić information content (AvgIpc) is 2.77. The third-order valence-electron chi connectivity index (χ3n) is 3.21. The first-order chi connectivity index (χ1) is 7.69. The first-order valence-electron chi connectivity index (χ1n) is 6.10. The number of nitrogens with two attached hydrogens (primary N) is 1. The van der Waals surface area contributed by atoms with E-state index in [-0.39, 0.29) is 12.4 Å². The standard InChI is InChI=1S/C12H21N3S.ClH/c1-3-4-10-8-16-12(14-10)7-15-5-9(2)11(13)6-15;/h8-9,11H,3-7,13H2,1-2H3;1H. The van der Waals surface area contributed by atoms with E-state index >= 15 is 0 Å². The Morgan fingerprint density at radius 2 is 2.29 bits per heavy atom. The second-order valence-corrected chi connectivity index (χ2v) is 5.76. The molecule has 3 nitrogen and oxygen atoms in total. The van der Waals surface area contributed by atoms with Crippen LogP contribution < -0.4 is 5.73 Å². The number of aromatic nitrogens is 1. The van der Waals surface area contributed by atoms with E-state index in [0.29, 0.717) is 12.0 Å². The number of rotatable bonds is 4. The van der Waals surface area contributed by atoms with Crippen molar-refractivity contribution < 1.29 is 0 Å². The molecule has 2 N–H and O–H groups in total. The van der Waals surface area contributed by atoms with Crippen molar-refractivity contribution in [2.24, 2.45) is 11.7 Å². The van der Waals surface area contributed by atoms with E-state index in [9.17, 15) is 0 Å². The molecular weight excluding hydrogens is 254 g/mol. The monoisotopic (exact) mass is 275 g/mol. The van der Waals surface area contributed by atoms with Crippen LogP contribution in [-0.4, -0.2) is 29.0 Å². The largest absolute Gasteiger partial charge is 0.326 e. The van der Waals surface area contributed by atoms with E-state index in [1.807, 2.05) is 0 Å². The first kappa shape index (κ1) is 14.9. The predicted molar refractivity (Wildman–Crippen MR) is 75.8 cm³/mol. The molecule has 2 rings (SSSR count). The van der Waals surface area contributed by atoms with Gasteiger partial charge in [-0.15, -0.1) is 23.7 Å². The number of hydrogen-bond donors (Lipinski definition) is 1. The highest BCUT2D eigenvalue weighted by molar-refractivity contribution is 7.09. The fourth-order valence-electron chi connectivity index (χ4n) is 2.21. The topological polar surface area (TPSA) is 42.1 Å². The highest BCUT2D eigenvalue weighted by Gasteiger charge is 2.26. The van der Waals surface area contributed by atoms with Gasteiger partial charge in [0.05, 0.1) is 12.2 Å². The molecule has 1 aliphatic rings. The van der Waals surface area contributed by atoms with Crippen molar-refractivity contribution in [3.05, 3.63) is 16.1 Å². The Hall–Kier alpha value is -0.160. The average molecular weight is 276 g/mol. The number of hydrogen-bond acceptors (Lipinski definition) is 4. The Balaban J connectivity index is 0.00000144. The Morgan fingerprint density at radius 1 is 1.53 bits per heavy atom. The smallest absolute Gasteiger partial charge is 0.107 e.